The first-order valence-electron chi connectivity index (χ1n) is 7.12. The van der Waals surface area contributed by atoms with E-state index in [1.807, 2.05) is 18.7 Å². The smallest absolute Gasteiger partial charge is 0.266 e. The average molecular weight is 296 g/mol. The molecule has 3 nitrogen and oxygen atoms in total. The lowest BCUT2D eigenvalue weighted by molar-refractivity contribution is -0.147. The lowest BCUT2D eigenvalue weighted by Crippen LogP contribution is -2.51. The minimum absolute atomic E-state index is 0.0546. The van der Waals surface area contributed by atoms with Crippen LogP contribution in [0, 0.1) is 5.92 Å². The zero-order valence-corrected chi connectivity index (χ0v) is 13.1. The Kier molecular flexibility index (Phi) is 4.59. The topological polar surface area (TPSA) is 29.5 Å². The van der Waals surface area contributed by atoms with Crippen LogP contribution in [0.15, 0.2) is 24.3 Å². The first kappa shape index (κ1) is 15.2. The molecule has 0 radical (unpaired) electrons. The van der Waals surface area contributed by atoms with Crippen molar-refractivity contribution in [1.29, 1.82) is 0 Å². The van der Waals surface area contributed by atoms with Crippen molar-refractivity contribution in [2.45, 2.75) is 39.2 Å². The molecule has 1 amide bonds. The average Bonchev–Trinajstić information content (AvgIpc) is 2.40. The number of benzene rings is 1. The molecule has 1 saturated heterocycles. The van der Waals surface area contributed by atoms with E-state index in [0.717, 1.165) is 19.5 Å². The molecule has 0 spiro atoms. The normalized spacial score (nSPS) is 19.8. The Morgan fingerprint density at radius 1 is 1.35 bits per heavy atom. The van der Waals surface area contributed by atoms with Gasteiger partial charge in [-0.2, -0.15) is 0 Å². The fraction of sp³-hybridized carbons (Fsp3) is 0.562. The van der Waals surface area contributed by atoms with Crippen LogP contribution in [-0.2, 0) is 4.79 Å². The molecule has 0 aromatic heterocycles. The van der Waals surface area contributed by atoms with E-state index in [-0.39, 0.29) is 5.91 Å². The van der Waals surface area contributed by atoms with Gasteiger partial charge < -0.3 is 9.64 Å². The maximum Gasteiger partial charge on any atom is 0.266 e. The van der Waals surface area contributed by atoms with Crippen LogP contribution in [0.25, 0.3) is 0 Å². The highest BCUT2D eigenvalue weighted by Gasteiger charge is 2.35. The summed E-state index contributed by atoms with van der Waals surface area (Å²) >= 11 is 5.85. The summed E-state index contributed by atoms with van der Waals surface area (Å²) in [7, 11) is 0. The van der Waals surface area contributed by atoms with Crippen LogP contribution in [0.2, 0.25) is 5.02 Å². The van der Waals surface area contributed by atoms with Crippen molar-refractivity contribution in [3.8, 4) is 5.75 Å². The molecule has 0 saturated carbocycles. The van der Waals surface area contributed by atoms with Crippen molar-refractivity contribution in [3.05, 3.63) is 29.3 Å². The zero-order chi connectivity index (χ0) is 14.8. The molecular formula is C16H22ClNO2. The fourth-order valence-corrected chi connectivity index (χ4v) is 2.72. The Balaban J connectivity index is 2.04. The van der Waals surface area contributed by atoms with E-state index >= 15 is 0 Å². The van der Waals surface area contributed by atoms with Crippen molar-refractivity contribution >= 4 is 17.5 Å². The van der Waals surface area contributed by atoms with E-state index in [1.54, 1.807) is 24.3 Å². The monoisotopic (exact) mass is 295 g/mol. The molecule has 1 aliphatic heterocycles. The van der Waals surface area contributed by atoms with Crippen LogP contribution in [-0.4, -0.2) is 29.5 Å². The summed E-state index contributed by atoms with van der Waals surface area (Å²) in [6.07, 6.45) is 2.27. The van der Waals surface area contributed by atoms with Crippen molar-refractivity contribution in [1.82, 2.24) is 4.90 Å². The van der Waals surface area contributed by atoms with E-state index in [9.17, 15) is 4.79 Å². The fourth-order valence-electron chi connectivity index (χ4n) is 2.60. The molecule has 1 heterocycles. The van der Waals surface area contributed by atoms with Crippen molar-refractivity contribution in [2.24, 2.45) is 5.92 Å². The summed E-state index contributed by atoms with van der Waals surface area (Å²) in [5.74, 6) is 1.29. The lowest BCUT2D eigenvalue weighted by atomic mass is 9.98. The van der Waals surface area contributed by atoms with Crippen LogP contribution < -0.4 is 4.74 Å². The predicted octanol–water partition coefficient (Wildman–Crippen LogP) is 3.76. The standard InChI is InChI=1S/C16H22ClNO2/c1-12-5-4-10-18(11-12)15(19)16(2,3)20-14-8-6-13(17)7-9-14/h6-9,12H,4-5,10-11H2,1-3H3. The highest BCUT2D eigenvalue weighted by Crippen LogP contribution is 2.24. The second kappa shape index (κ2) is 6.04. The number of likely N-dealkylation sites (tertiary alicyclic amines) is 1. The molecule has 20 heavy (non-hydrogen) atoms. The third-order valence-electron chi connectivity index (χ3n) is 3.65. The van der Waals surface area contributed by atoms with E-state index in [1.165, 1.54) is 6.42 Å². The first-order chi connectivity index (χ1) is 9.38. The largest absolute Gasteiger partial charge is 0.478 e. The Labute approximate surface area is 125 Å². The lowest BCUT2D eigenvalue weighted by Gasteiger charge is -2.36. The Morgan fingerprint density at radius 3 is 2.60 bits per heavy atom. The Hall–Kier alpha value is -1.22. The van der Waals surface area contributed by atoms with Gasteiger partial charge in [-0.15, -0.1) is 0 Å². The summed E-state index contributed by atoms with van der Waals surface area (Å²) in [6, 6.07) is 7.10. The van der Waals surface area contributed by atoms with Gasteiger partial charge in [0.25, 0.3) is 5.91 Å². The van der Waals surface area contributed by atoms with Crippen LogP contribution in [0.1, 0.15) is 33.6 Å². The molecule has 1 aromatic carbocycles. The van der Waals surface area contributed by atoms with Gasteiger partial charge in [0.15, 0.2) is 5.60 Å². The number of piperidine rings is 1. The number of hydrogen-bond acceptors (Lipinski definition) is 2. The van der Waals surface area contributed by atoms with Gasteiger partial charge in [0, 0.05) is 18.1 Å². The van der Waals surface area contributed by atoms with Gasteiger partial charge in [0.1, 0.15) is 5.75 Å². The van der Waals surface area contributed by atoms with E-state index in [2.05, 4.69) is 6.92 Å². The molecule has 4 heteroatoms. The minimum atomic E-state index is -0.856. The highest BCUT2D eigenvalue weighted by molar-refractivity contribution is 6.30. The molecule has 1 atom stereocenters. The number of carbonyl (C=O) groups is 1. The number of halogens is 1. The molecule has 1 fully saturated rings. The minimum Gasteiger partial charge on any atom is -0.478 e. The third kappa shape index (κ3) is 3.66. The summed E-state index contributed by atoms with van der Waals surface area (Å²) < 4.78 is 5.86. The van der Waals surface area contributed by atoms with Crippen molar-refractivity contribution in [3.63, 3.8) is 0 Å². The van der Waals surface area contributed by atoms with Gasteiger partial charge in [0.05, 0.1) is 0 Å². The van der Waals surface area contributed by atoms with Gasteiger partial charge in [0.2, 0.25) is 0 Å². The van der Waals surface area contributed by atoms with E-state index in [0.29, 0.717) is 16.7 Å². The number of nitrogens with zero attached hydrogens (tertiary/aromatic N) is 1. The maximum absolute atomic E-state index is 12.6. The molecule has 0 aliphatic carbocycles. The van der Waals surface area contributed by atoms with Gasteiger partial charge in [-0.05, 0) is 56.9 Å². The van der Waals surface area contributed by atoms with Crippen LogP contribution in [0.3, 0.4) is 0 Å². The van der Waals surface area contributed by atoms with Gasteiger partial charge in [-0.25, -0.2) is 0 Å². The van der Waals surface area contributed by atoms with Gasteiger partial charge in [-0.1, -0.05) is 18.5 Å². The first-order valence-corrected chi connectivity index (χ1v) is 7.50. The molecule has 2 rings (SSSR count). The molecule has 0 N–H and O–H groups in total. The zero-order valence-electron chi connectivity index (χ0n) is 12.4. The number of rotatable bonds is 3. The van der Waals surface area contributed by atoms with Gasteiger partial charge in [-0.3, -0.25) is 4.79 Å². The molecule has 1 aliphatic rings. The number of carbonyl (C=O) groups excluding carboxylic acids is 1. The number of hydrogen-bond donors (Lipinski definition) is 0. The molecular weight excluding hydrogens is 274 g/mol. The summed E-state index contributed by atoms with van der Waals surface area (Å²) in [4.78, 5) is 14.5. The summed E-state index contributed by atoms with van der Waals surface area (Å²) in [6.45, 7) is 7.49. The second-order valence-electron chi connectivity index (χ2n) is 6.06. The number of amides is 1. The summed E-state index contributed by atoms with van der Waals surface area (Å²) in [5, 5.41) is 0.659. The van der Waals surface area contributed by atoms with Crippen LogP contribution >= 0.6 is 11.6 Å². The molecule has 110 valence electrons. The second-order valence-corrected chi connectivity index (χ2v) is 6.50. The van der Waals surface area contributed by atoms with Crippen molar-refractivity contribution < 1.29 is 9.53 Å². The van der Waals surface area contributed by atoms with Crippen LogP contribution in [0.5, 0.6) is 5.75 Å². The van der Waals surface area contributed by atoms with Gasteiger partial charge >= 0.3 is 0 Å². The van der Waals surface area contributed by atoms with Crippen molar-refractivity contribution in [2.75, 3.05) is 13.1 Å². The van der Waals surface area contributed by atoms with Crippen LogP contribution in [0.4, 0.5) is 0 Å². The van der Waals surface area contributed by atoms with E-state index in [4.69, 9.17) is 16.3 Å². The quantitative estimate of drug-likeness (QED) is 0.850. The highest BCUT2D eigenvalue weighted by atomic mass is 35.5. The SMILES string of the molecule is CC1CCCN(C(=O)C(C)(C)Oc2ccc(Cl)cc2)C1. The molecule has 1 aromatic rings. The maximum atomic E-state index is 12.6. The third-order valence-corrected chi connectivity index (χ3v) is 3.90. The molecule has 0 bridgehead atoms. The predicted molar refractivity (Wildman–Crippen MR) is 81.1 cm³/mol. The number of ether oxygens (including phenoxy) is 1. The Morgan fingerprint density at radius 2 is 2.00 bits per heavy atom. The summed E-state index contributed by atoms with van der Waals surface area (Å²) in [5.41, 5.74) is -0.856. The Bertz CT molecular complexity index is 470. The van der Waals surface area contributed by atoms with E-state index < -0.39 is 5.60 Å². The molecule has 1 unspecified atom stereocenters.